The van der Waals surface area contributed by atoms with Crippen molar-refractivity contribution < 1.29 is 22.0 Å². The highest BCUT2D eigenvalue weighted by Gasteiger charge is 2.20. The summed E-state index contributed by atoms with van der Waals surface area (Å²) in [7, 11) is 2.25. The van der Waals surface area contributed by atoms with Crippen LogP contribution in [0, 0.1) is 11.6 Å². The van der Waals surface area contributed by atoms with E-state index >= 15 is 0 Å². The minimum Gasteiger partial charge on any atom is -0.330 e. The van der Waals surface area contributed by atoms with Crippen LogP contribution in [0.3, 0.4) is 0 Å². The summed E-state index contributed by atoms with van der Waals surface area (Å²) in [4.78, 5) is 14.8. The molecule has 1 aromatic heterocycles. The Bertz CT molecular complexity index is 797. The minimum absolute atomic E-state index is 0.0721. The number of anilines is 1. The van der Waals surface area contributed by atoms with Gasteiger partial charge in [-0.1, -0.05) is 0 Å². The molecule has 0 saturated heterocycles. The van der Waals surface area contributed by atoms with Gasteiger partial charge in [-0.25, -0.2) is 22.2 Å². The van der Waals surface area contributed by atoms with Gasteiger partial charge >= 0.3 is 0 Å². The molecule has 0 aliphatic rings. The van der Waals surface area contributed by atoms with E-state index in [1.165, 1.54) is 24.1 Å². The van der Waals surface area contributed by atoms with Gasteiger partial charge in [0.2, 0.25) is 0 Å². The minimum atomic E-state index is -4.28. The quantitative estimate of drug-likeness (QED) is 0.868. The number of rotatable bonds is 3. The van der Waals surface area contributed by atoms with E-state index in [1.807, 2.05) is 5.32 Å². The third-order valence-electron chi connectivity index (χ3n) is 2.59. The first kappa shape index (κ1) is 15.4. The second-order valence-electron chi connectivity index (χ2n) is 4.04. The second kappa shape index (κ2) is 5.41. The lowest BCUT2D eigenvalue weighted by molar-refractivity contribution is 0.101. The molecule has 0 radical (unpaired) electrons. The molecule has 10 heteroatoms. The highest BCUT2D eigenvalue weighted by Crippen LogP contribution is 2.25. The molecule has 0 saturated carbocycles. The van der Waals surface area contributed by atoms with Gasteiger partial charge in [-0.2, -0.15) is 0 Å². The van der Waals surface area contributed by atoms with E-state index in [1.54, 1.807) is 0 Å². The molecule has 2 aromatic rings. The lowest BCUT2D eigenvalue weighted by Gasteiger charge is -2.09. The van der Waals surface area contributed by atoms with Crippen LogP contribution < -0.4 is 5.32 Å². The molecule has 21 heavy (non-hydrogen) atoms. The Hall–Kier alpha value is -2.00. The van der Waals surface area contributed by atoms with Crippen LogP contribution in [0.15, 0.2) is 29.6 Å². The van der Waals surface area contributed by atoms with Gasteiger partial charge < -0.3 is 9.88 Å². The number of aryl methyl sites for hydroxylation is 1. The zero-order chi connectivity index (χ0) is 15.8. The lowest BCUT2D eigenvalue weighted by Crippen LogP contribution is -2.17. The molecule has 1 heterocycles. The molecular formula is C11H8ClF2N3O3S. The van der Waals surface area contributed by atoms with E-state index in [0.717, 1.165) is 0 Å². The van der Waals surface area contributed by atoms with Gasteiger partial charge in [0.05, 0.1) is 17.4 Å². The maximum Gasteiger partial charge on any atom is 0.274 e. The molecule has 0 spiro atoms. The molecule has 0 aliphatic carbocycles. The number of imidazole rings is 1. The van der Waals surface area contributed by atoms with Crippen LogP contribution in [0.25, 0.3) is 0 Å². The number of carbonyl (C=O) groups is 1. The predicted molar refractivity (Wildman–Crippen MR) is 70.6 cm³/mol. The third-order valence-corrected chi connectivity index (χ3v) is 3.92. The Kier molecular flexibility index (Phi) is 3.97. The van der Waals surface area contributed by atoms with Crippen LogP contribution in [0.5, 0.6) is 0 Å². The summed E-state index contributed by atoms with van der Waals surface area (Å²) in [5.74, 6) is -3.32. The Morgan fingerprint density at radius 1 is 1.33 bits per heavy atom. The van der Waals surface area contributed by atoms with Crippen molar-refractivity contribution in [3.8, 4) is 0 Å². The largest absolute Gasteiger partial charge is 0.330 e. The van der Waals surface area contributed by atoms with E-state index in [2.05, 4.69) is 4.98 Å². The Labute approximate surface area is 122 Å². The van der Waals surface area contributed by atoms with Crippen LogP contribution in [0.2, 0.25) is 0 Å². The number of hydrogen-bond donors (Lipinski definition) is 1. The van der Waals surface area contributed by atoms with E-state index in [-0.39, 0.29) is 5.69 Å². The molecule has 0 aliphatic heterocycles. The zero-order valence-corrected chi connectivity index (χ0v) is 12.0. The van der Waals surface area contributed by atoms with Crippen LogP contribution in [0.1, 0.15) is 10.5 Å². The molecule has 1 N–H and O–H groups in total. The van der Waals surface area contributed by atoms with Crippen molar-refractivity contribution in [2.45, 2.75) is 4.90 Å². The number of aromatic nitrogens is 2. The topological polar surface area (TPSA) is 81.1 Å². The summed E-state index contributed by atoms with van der Waals surface area (Å²) in [6.07, 6.45) is 2.55. The van der Waals surface area contributed by atoms with E-state index < -0.39 is 37.2 Å². The Morgan fingerprint density at radius 2 is 1.90 bits per heavy atom. The number of amides is 1. The van der Waals surface area contributed by atoms with Gasteiger partial charge in [0, 0.05) is 17.7 Å². The Balaban J connectivity index is 2.38. The summed E-state index contributed by atoms with van der Waals surface area (Å²) in [6.45, 7) is 0. The van der Waals surface area contributed by atoms with Crippen molar-refractivity contribution in [1.82, 2.24) is 9.55 Å². The fourth-order valence-electron chi connectivity index (χ4n) is 1.56. The van der Waals surface area contributed by atoms with Gasteiger partial charge in [0.1, 0.15) is 11.4 Å². The Morgan fingerprint density at radius 3 is 2.33 bits per heavy atom. The zero-order valence-electron chi connectivity index (χ0n) is 10.5. The number of benzene rings is 1. The molecule has 2 rings (SSSR count). The van der Waals surface area contributed by atoms with Crippen molar-refractivity contribution >= 4 is 31.3 Å². The normalized spacial score (nSPS) is 11.4. The molecule has 0 atom stereocenters. The summed E-state index contributed by atoms with van der Waals surface area (Å²) in [5, 5.41) is 2.01. The highest BCUT2D eigenvalue weighted by molar-refractivity contribution is 8.13. The standard InChI is InChI=1S/C11H8ClF2N3O3S/c1-17-5-15-4-9(17)11(18)16-10-7(13)2-6(3-8(10)14)21(12,19)20/h2-5H,1H3,(H,16,18). The molecular weight excluding hydrogens is 328 g/mol. The SMILES string of the molecule is Cn1cncc1C(=O)Nc1c(F)cc(S(=O)(=O)Cl)cc1F. The van der Waals surface area contributed by atoms with Gasteiger partial charge in [0.25, 0.3) is 15.0 Å². The number of halogens is 3. The maximum atomic E-state index is 13.7. The van der Waals surface area contributed by atoms with Crippen molar-refractivity contribution in [2.24, 2.45) is 7.05 Å². The van der Waals surface area contributed by atoms with E-state index in [9.17, 15) is 22.0 Å². The maximum absolute atomic E-state index is 13.7. The fraction of sp³-hybridized carbons (Fsp3) is 0.0909. The van der Waals surface area contributed by atoms with Crippen LogP contribution in [0.4, 0.5) is 14.5 Å². The van der Waals surface area contributed by atoms with Crippen LogP contribution >= 0.6 is 10.7 Å². The summed E-state index contributed by atoms with van der Waals surface area (Å²) in [5.41, 5.74) is -0.701. The van der Waals surface area contributed by atoms with Crippen molar-refractivity contribution in [3.63, 3.8) is 0 Å². The molecule has 1 amide bonds. The summed E-state index contributed by atoms with van der Waals surface area (Å²) < 4.78 is 50.9. The predicted octanol–water partition coefficient (Wildman–Crippen LogP) is 1.88. The first-order chi connectivity index (χ1) is 9.70. The molecule has 6 nitrogen and oxygen atoms in total. The van der Waals surface area contributed by atoms with Crippen LogP contribution in [-0.2, 0) is 16.1 Å². The summed E-state index contributed by atoms with van der Waals surface area (Å²) >= 11 is 0. The first-order valence-corrected chi connectivity index (χ1v) is 7.72. The first-order valence-electron chi connectivity index (χ1n) is 5.41. The molecule has 0 unspecified atom stereocenters. The van der Waals surface area contributed by atoms with Gasteiger partial charge in [-0.05, 0) is 12.1 Å². The third kappa shape index (κ3) is 3.19. The average molecular weight is 336 g/mol. The molecule has 0 bridgehead atoms. The van der Waals surface area contributed by atoms with Gasteiger partial charge in [-0.15, -0.1) is 0 Å². The van der Waals surface area contributed by atoms with Gasteiger partial charge in [-0.3, -0.25) is 4.79 Å². The summed E-state index contributed by atoms with van der Waals surface area (Å²) in [6, 6.07) is 1.04. The number of nitrogens with one attached hydrogen (secondary N) is 1. The number of hydrogen-bond acceptors (Lipinski definition) is 4. The fourth-order valence-corrected chi connectivity index (χ4v) is 2.32. The molecule has 1 aromatic carbocycles. The monoisotopic (exact) mass is 335 g/mol. The lowest BCUT2D eigenvalue weighted by atomic mass is 10.2. The number of nitrogens with zero attached hydrogens (tertiary/aromatic N) is 2. The van der Waals surface area contributed by atoms with E-state index in [4.69, 9.17) is 10.7 Å². The second-order valence-corrected chi connectivity index (χ2v) is 6.61. The number of carbonyl (C=O) groups excluding carboxylic acids is 1. The molecule has 0 fully saturated rings. The molecule has 112 valence electrons. The van der Waals surface area contributed by atoms with E-state index in [0.29, 0.717) is 12.1 Å². The van der Waals surface area contributed by atoms with Crippen molar-refractivity contribution in [1.29, 1.82) is 0 Å². The smallest absolute Gasteiger partial charge is 0.274 e. The van der Waals surface area contributed by atoms with Crippen molar-refractivity contribution in [3.05, 3.63) is 42.0 Å². The highest BCUT2D eigenvalue weighted by atomic mass is 35.7. The average Bonchev–Trinajstić information content (AvgIpc) is 2.78. The van der Waals surface area contributed by atoms with Gasteiger partial charge in [0.15, 0.2) is 11.6 Å². The van der Waals surface area contributed by atoms with Crippen LogP contribution in [-0.4, -0.2) is 23.9 Å². The van der Waals surface area contributed by atoms with Crippen molar-refractivity contribution in [2.75, 3.05) is 5.32 Å².